The third-order valence-electron chi connectivity index (χ3n) is 9.24. The fourth-order valence-electron chi connectivity index (χ4n) is 7.01. The first-order valence-corrected chi connectivity index (χ1v) is 17.8. The van der Waals surface area contributed by atoms with Crippen molar-refractivity contribution in [3.63, 3.8) is 0 Å². The van der Waals surface area contributed by atoms with Crippen molar-refractivity contribution in [2.75, 3.05) is 31.1 Å². The van der Waals surface area contributed by atoms with Gasteiger partial charge in [0.1, 0.15) is 38.2 Å². The third kappa shape index (κ3) is 4.80. The van der Waals surface area contributed by atoms with Crippen LogP contribution in [0.1, 0.15) is 60.0 Å². The van der Waals surface area contributed by atoms with Crippen LogP contribution in [0, 0.1) is 17.5 Å². The van der Waals surface area contributed by atoms with Gasteiger partial charge in [-0.05, 0) is 76.5 Å². The molecule has 0 amide bonds. The molecule has 3 heterocycles. The number of nitrogens with zero attached hydrogens (tertiary/aromatic N) is 5. The summed E-state index contributed by atoms with van der Waals surface area (Å²) in [6.07, 6.45) is 12.6. The fourth-order valence-corrected chi connectivity index (χ4v) is 10.1. The van der Waals surface area contributed by atoms with Crippen molar-refractivity contribution in [1.82, 2.24) is 0 Å². The van der Waals surface area contributed by atoms with Crippen LogP contribution in [0.4, 0.5) is 24.5 Å². The lowest BCUT2D eigenvalue weighted by Gasteiger charge is -2.39. The molecule has 0 saturated carbocycles. The normalized spacial score (nSPS) is 19.5. The van der Waals surface area contributed by atoms with Gasteiger partial charge in [-0.25, -0.2) is 22.5 Å². The SMILES string of the molecule is C[Si]1(C)C2=CC(=[N+]3CCCCC3)C=CC2=C(c2c(F)c(N=[N+]=[N-])c(F)c(F)c2C(=O)O)c2ccc(N3CCCCC3)cc21. The predicted octanol–water partition coefficient (Wildman–Crippen LogP) is 7.14. The van der Waals surface area contributed by atoms with Crippen molar-refractivity contribution in [3.8, 4) is 0 Å². The van der Waals surface area contributed by atoms with Gasteiger partial charge in [-0.2, -0.15) is 0 Å². The Morgan fingerprint density at radius 3 is 2.37 bits per heavy atom. The number of rotatable bonds is 4. The number of hydrogen-bond donors (Lipinski definition) is 1. The lowest BCUT2D eigenvalue weighted by molar-refractivity contribution is -0.535. The maximum Gasteiger partial charge on any atom is 0.339 e. The Morgan fingerprint density at radius 2 is 1.70 bits per heavy atom. The molecule has 2 aromatic rings. The van der Waals surface area contributed by atoms with E-state index in [1.54, 1.807) is 0 Å². The molecule has 3 aliphatic heterocycles. The number of halogens is 3. The standard InChI is InChI=1S/C32H32F3N5O2Si/c1-43(2)23-17-19(39-13-5-3-6-14-39)9-11-21(23)25(22-12-10-20(18-24(22)43)40-15-7-4-8-16-40)26-27(32(41)42)28(33)30(35)31(29(26)34)37-38-36/h9-12,17-18H,3-8,13-16H2,1-2H3/p+1. The van der Waals surface area contributed by atoms with Gasteiger partial charge in [0.2, 0.25) is 0 Å². The molecular formula is C32H33F3N5O2Si+. The van der Waals surface area contributed by atoms with Crippen LogP contribution in [0.5, 0.6) is 0 Å². The first kappa shape index (κ1) is 29.0. The highest BCUT2D eigenvalue weighted by Crippen LogP contribution is 2.46. The van der Waals surface area contributed by atoms with E-state index >= 15 is 8.78 Å². The van der Waals surface area contributed by atoms with Gasteiger partial charge in [-0.1, -0.05) is 24.3 Å². The van der Waals surface area contributed by atoms with Gasteiger partial charge >= 0.3 is 5.97 Å². The maximum absolute atomic E-state index is 16.3. The molecule has 0 spiro atoms. The number of allylic oxidation sites excluding steroid dienone is 5. The zero-order chi connectivity index (χ0) is 30.5. The molecule has 1 N–H and O–H groups in total. The molecule has 0 bridgehead atoms. The quantitative estimate of drug-likeness (QED) is 0.100. The summed E-state index contributed by atoms with van der Waals surface area (Å²) in [5.74, 6) is -6.81. The highest BCUT2D eigenvalue weighted by molar-refractivity contribution is 6.98. The van der Waals surface area contributed by atoms with Gasteiger partial charge < -0.3 is 10.0 Å². The van der Waals surface area contributed by atoms with Crippen LogP contribution < -0.4 is 10.1 Å². The van der Waals surface area contributed by atoms with Crippen LogP contribution in [0.2, 0.25) is 13.1 Å². The summed E-state index contributed by atoms with van der Waals surface area (Å²) in [5, 5.41) is 15.1. The minimum Gasteiger partial charge on any atom is -0.478 e. The average molecular weight is 605 g/mol. The van der Waals surface area contributed by atoms with Crippen molar-refractivity contribution in [1.29, 1.82) is 0 Å². The van der Waals surface area contributed by atoms with E-state index in [0.717, 1.165) is 73.6 Å². The van der Waals surface area contributed by atoms with Crippen molar-refractivity contribution < 1.29 is 27.6 Å². The largest absolute Gasteiger partial charge is 0.478 e. The lowest BCUT2D eigenvalue weighted by atomic mass is 9.86. The maximum atomic E-state index is 16.3. The molecule has 4 aliphatic rings. The summed E-state index contributed by atoms with van der Waals surface area (Å²) in [7, 11) is -2.51. The number of azide groups is 1. The number of benzene rings is 2. The van der Waals surface area contributed by atoms with Crippen molar-refractivity contribution in [3.05, 3.63) is 91.8 Å². The molecule has 2 saturated heterocycles. The summed E-state index contributed by atoms with van der Waals surface area (Å²) in [6, 6.07) is 5.91. The van der Waals surface area contributed by atoms with Gasteiger partial charge in [-0.15, -0.1) is 0 Å². The Bertz CT molecular complexity index is 1720. The lowest BCUT2D eigenvalue weighted by Crippen LogP contribution is -2.50. The molecule has 43 heavy (non-hydrogen) atoms. The molecule has 0 aromatic heterocycles. The number of carboxylic acid groups (broad SMARTS) is 1. The molecule has 0 radical (unpaired) electrons. The van der Waals surface area contributed by atoms with Crippen LogP contribution in [0.15, 0.2) is 52.3 Å². The summed E-state index contributed by atoms with van der Waals surface area (Å²) in [4.78, 5) is 17.2. The van der Waals surface area contributed by atoms with E-state index in [0.29, 0.717) is 11.1 Å². The minimum atomic E-state index is -2.51. The number of anilines is 1. The Labute approximate surface area is 249 Å². The van der Waals surface area contributed by atoms with Crippen LogP contribution in [-0.2, 0) is 0 Å². The number of hydrogen-bond acceptors (Lipinski definition) is 3. The van der Waals surface area contributed by atoms with E-state index < -0.39 is 48.3 Å². The molecule has 222 valence electrons. The first-order valence-electron chi connectivity index (χ1n) is 14.8. The molecule has 0 atom stereocenters. The number of aromatic carboxylic acids is 1. The highest BCUT2D eigenvalue weighted by atomic mass is 28.3. The van der Waals surface area contributed by atoms with Gasteiger partial charge in [-0.3, -0.25) is 0 Å². The third-order valence-corrected chi connectivity index (χ3v) is 12.8. The molecule has 1 aliphatic carbocycles. The molecular weight excluding hydrogens is 571 g/mol. The van der Waals surface area contributed by atoms with Crippen LogP contribution in [-0.4, -0.2) is 55.6 Å². The van der Waals surface area contributed by atoms with Gasteiger partial charge in [0.15, 0.2) is 17.3 Å². The average Bonchev–Trinajstić information content (AvgIpc) is 3.02. The number of carbonyl (C=O) groups is 1. The van der Waals surface area contributed by atoms with Crippen LogP contribution >= 0.6 is 0 Å². The van der Waals surface area contributed by atoms with Crippen LogP contribution in [0.25, 0.3) is 16.0 Å². The Balaban J connectivity index is 1.70. The summed E-state index contributed by atoms with van der Waals surface area (Å²) in [6.45, 7) is 8.11. The predicted molar refractivity (Wildman–Crippen MR) is 164 cm³/mol. The number of fused-ring (bicyclic) bond motifs is 2. The fraction of sp³-hybridized carbons (Fsp3) is 0.375. The molecule has 0 unspecified atom stereocenters. The Hall–Kier alpha value is -4.08. The monoisotopic (exact) mass is 604 g/mol. The van der Waals surface area contributed by atoms with E-state index in [2.05, 4.69) is 44.7 Å². The highest BCUT2D eigenvalue weighted by Gasteiger charge is 2.43. The van der Waals surface area contributed by atoms with E-state index in [1.807, 2.05) is 24.3 Å². The number of piperidine rings is 2. The number of carboxylic acids is 1. The molecule has 2 fully saturated rings. The zero-order valence-corrected chi connectivity index (χ0v) is 25.3. The first-order chi connectivity index (χ1) is 20.6. The van der Waals surface area contributed by atoms with Crippen LogP contribution in [0.3, 0.4) is 0 Å². The molecule has 7 nitrogen and oxygen atoms in total. The second-order valence-corrected chi connectivity index (χ2v) is 16.4. The molecule has 6 rings (SSSR count). The van der Waals surface area contributed by atoms with E-state index in [4.69, 9.17) is 5.53 Å². The van der Waals surface area contributed by atoms with Crippen molar-refractivity contribution in [2.45, 2.75) is 51.6 Å². The second kappa shape index (κ2) is 11.2. The van der Waals surface area contributed by atoms with E-state index in [1.165, 1.54) is 12.8 Å². The Morgan fingerprint density at radius 1 is 1.00 bits per heavy atom. The second-order valence-electron chi connectivity index (χ2n) is 12.1. The summed E-state index contributed by atoms with van der Waals surface area (Å²) < 4.78 is 48.9. The smallest absolute Gasteiger partial charge is 0.339 e. The van der Waals surface area contributed by atoms with E-state index in [9.17, 15) is 14.3 Å². The molecule has 2 aromatic carbocycles. The van der Waals surface area contributed by atoms with Crippen molar-refractivity contribution >= 4 is 41.9 Å². The summed E-state index contributed by atoms with van der Waals surface area (Å²) >= 11 is 0. The minimum absolute atomic E-state index is 0.162. The summed E-state index contributed by atoms with van der Waals surface area (Å²) in [5.41, 5.74) is 9.47. The van der Waals surface area contributed by atoms with Crippen molar-refractivity contribution in [2.24, 2.45) is 5.11 Å². The molecule has 11 heteroatoms. The van der Waals surface area contributed by atoms with E-state index in [-0.39, 0.29) is 5.57 Å². The van der Waals surface area contributed by atoms with Gasteiger partial charge in [0.25, 0.3) is 0 Å². The van der Waals surface area contributed by atoms with Gasteiger partial charge in [0, 0.05) is 54.2 Å². The topological polar surface area (TPSA) is 92.3 Å². The Kier molecular flexibility index (Phi) is 7.56. The van der Waals surface area contributed by atoms with Gasteiger partial charge in [0.05, 0.1) is 0 Å². The zero-order valence-electron chi connectivity index (χ0n) is 24.3.